The van der Waals surface area contributed by atoms with Gasteiger partial charge in [0.1, 0.15) is 0 Å². The summed E-state index contributed by atoms with van der Waals surface area (Å²) in [4.78, 5) is 0. The fourth-order valence-corrected chi connectivity index (χ4v) is 9.77. The van der Waals surface area contributed by atoms with Crippen molar-refractivity contribution >= 4 is 8.32 Å². The van der Waals surface area contributed by atoms with Gasteiger partial charge in [-0.05, 0) is 89.6 Å². The normalized spacial score (nSPS) is 37.1. The zero-order valence-corrected chi connectivity index (χ0v) is 21.6. The monoisotopic (exact) mass is 434 g/mol. The van der Waals surface area contributed by atoms with Crippen LogP contribution in [0.4, 0.5) is 0 Å². The minimum Gasteiger partial charge on any atom is -0.410 e. The third kappa shape index (κ3) is 3.91. The van der Waals surface area contributed by atoms with E-state index in [1.165, 1.54) is 35.7 Å². The van der Waals surface area contributed by atoms with Gasteiger partial charge >= 0.3 is 0 Å². The van der Waals surface area contributed by atoms with Gasteiger partial charge < -0.3 is 14.6 Å². The van der Waals surface area contributed by atoms with Crippen molar-refractivity contribution in [1.82, 2.24) is 0 Å². The van der Waals surface area contributed by atoms with Crippen molar-refractivity contribution in [2.75, 3.05) is 6.61 Å². The molecule has 1 fully saturated rings. The van der Waals surface area contributed by atoms with Crippen LogP contribution in [0.15, 0.2) is 22.8 Å². The molecule has 0 amide bonds. The number of fused-ring (bicyclic) bond motifs is 2. The Labute approximate surface area is 186 Å². The van der Waals surface area contributed by atoms with Gasteiger partial charge in [0.15, 0.2) is 8.32 Å². The highest BCUT2D eigenvalue weighted by Crippen LogP contribution is 2.60. The first-order valence-corrected chi connectivity index (χ1v) is 15.0. The highest BCUT2D eigenvalue weighted by atomic mass is 28.4. The van der Waals surface area contributed by atoms with E-state index in [4.69, 9.17) is 4.43 Å². The van der Waals surface area contributed by atoms with Crippen molar-refractivity contribution < 1.29 is 14.6 Å². The van der Waals surface area contributed by atoms with Gasteiger partial charge in [-0.15, -0.1) is 0 Å². The third-order valence-corrected chi connectivity index (χ3v) is 14.1. The molecule has 3 aliphatic carbocycles. The summed E-state index contributed by atoms with van der Waals surface area (Å²) in [7, 11) is -1.73. The van der Waals surface area contributed by atoms with Gasteiger partial charge in [-0.3, -0.25) is 0 Å². The summed E-state index contributed by atoms with van der Waals surface area (Å²) in [5.74, 6) is 1.25. The second kappa shape index (κ2) is 8.84. The first-order chi connectivity index (χ1) is 14.1. The zero-order valence-electron chi connectivity index (χ0n) is 20.6. The van der Waals surface area contributed by atoms with E-state index in [1.54, 1.807) is 0 Å². The molecule has 0 bridgehead atoms. The van der Waals surface area contributed by atoms with E-state index < -0.39 is 14.4 Å². The van der Waals surface area contributed by atoms with Gasteiger partial charge in [0.25, 0.3) is 0 Å². The lowest BCUT2D eigenvalue weighted by atomic mass is 9.66. The molecule has 0 aliphatic heterocycles. The molecule has 0 spiro atoms. The fourth-order valence-electron chi connectivity index (χ4n) is 6.95. The Hall–Kier alpha value is -0.423. The van der Waals surface area contributed by atoms with Crippen molar-refractivity contribution in [3.63, 3.8) is 0 Å². The topological polar surface area (TPSA) is 49.7 Å². The molecule has 3 rings (SSSR count). The molecule has 0 aromatic rings. The Morgan fingerprint density at radius 1 is 1.10 bits per heavy atom. The van der Waals surface area contributed by atoms with Crippen LogP contribution < -0.4 is 0 Å². The molecule has 172 valence electrons. The number of allylic oxidation sites excluding steroid dienone is 2. The molecule has 1 saturated carbocycles. The van der Waals surface area contributed by atoms with Crippen molar-refractivity contribution in [2.24, 2.45) is 22.7 Å². The predicted octanol–water partition coefficient (Wildman–Crippen LogP) is 6.23. The van der Waals surface area contributed by atoms with Gasteiger partial charge in [-0.1, -0.05) is 54.5 Å². The van der Waals surface area contributed by atoms with Gasteiger partial charge in [-0.25, -0.2) is 0 Å². The summed E-state index contributed by atoms with van der Waals surface area (Å²) in [6.45, 7) is 16.5. The summed E-state index contributed by atoms with van der Waals surface area (Å²) < 4.78 is 7.15. The van der Waals surface area contributed by atoms with Crippen LogP contribution >= 0.6 is 0 Å². The van der Waals surface area contributed by atoms with Crippen molar-refractivity contribution in [2.45, 2.75) is 111 Å². The molecule has 4 heteroatoms. The van der Waals surface area contributed by atoms with Crippen molar-refractivity contribution in [1.29, 1.82) is 0 Å². The number of hydrogen-bond donors (Lipinski definition) is 2. The zero-order chi connectivity index (χ0) is 22.3. The molecule has 30 heavy (non-hydrogen) atoms. The minimum atomic E-state index is -1.73. The van der Waals surface area contributed by atoms with Crippen LogP contribution in [0, 0.1) is 22.7 Å². The molecule has 3 aliphatic rings. The molecule has 0 unspecified atom stereocenters. The van der Waals surface area contributed by atoms with E-state index in [-0.39, 0.29) is 23.5 Å². The second-order valence-electron chi connectivity index (χ2n) is 11.2. The Bertz CT molecular complexity index is 684. The van der Waals surface area contributed by atoms with Crippen molar-refractivity contribution in [3.8, 4) is 0 Å². The van der Waals surface area contributed by atoms with E-state index in [9.17, 15) is 10.2 Å². The molecular weight excluding hydrogens is 388 g/mol. The average molecular weight is 435 g/mol. The molecule has 0 radical (unpaired) electrons. The highest BCUT2D eigenvalue weighted by Gasteiger charge is 2.54. The maximum absolute atomic E-state index is 10.7. The Morgan fingerprint density at radius 2 is 1.73 bits per heavy atom. The molecule has 0 heterocycles. The Morgan fingerprint density at radius 3 is 2.27 bits per heavy atom. The first-order valence-electron chi connectivity index (χ1n) is 12.5. The SMILES string of the molecule is CC[Si](CC)(CC)O[C@H]1C[C@H](C(C)C)[C@@]2(C)CC[C@]3(C)CC[C@H](O)C(CO)=C3C=C12. The molecule has 3 nitrogen and oxygen atoms in total. The number of hydrogen-bond acceptors (Lipinski definition) is 3. The Kier molecular flexibility index (Phi) is 7.14. The Balaban J connectivity index is 2.15. The van der Waals surface area contributed by atoms with E-state index in [2.05, 4.69) is 54.5 Å². The number of rotatable bonds is 7. The van der Waals surface area contributed by atoms with Crippen LogP contribution in [-0.2, 0) is 4.43 Å². The maximum atomic E-state index is 10.7. The minimum absolute atomic E-state index is 0.0384. The summed E-state index contributed by atoms with van der Waals surface area (Å²) in [6, 6.07) is 3.52. The smallest absolute Gasteiger partial charge is 0.192 e. The van der Waals surface area contributed by atoms with Gasteiger partial charge in [0.05, 0.1) is 18.8 Å². The van der Waals surface area contributed by atoms with Crippen LogP contribution in [-0.4, -0.2) is 37.3 Å². The average Bonchev–Trinajstić information content (AvgIpc) is 2.93. The highest BCUT2D eigenvalue weighted by molar-refractivity contribution is 6.73. The van der Waals surface area contributed by atoms with E-state index in [1.807, 2.05) is 0 Å². The summed E-state index contributed by atoms with van der Waals surface area (Å²) in [6.07, 6.45) is 7.30. The second-order valence-corrected chi connectivity index (χ2v) is 15.9. The van der Waals surface area contributed by atoms with Gasteiger partial charge in [0, 0.05) is 0 Å². The fraction of sp³-hybridized carbons (Fsp3) is 0.846. The molecule has 2 N–H and O–H groups in total. The van der Waals surface area contributed by atoms with E-state index >= 15 is 0 Å². The van der Waals surface area contributed by atoms with Crippen molar-refractivity contribution in [3.05, 3.63) is 22.8 Å². The van der Waals surface area contributed by atoms with E-state index in [0.29, 0.717) is 11.8 Å². The maximum Gasteiger partial charge on any atom is 0.192 e. The standard InChI is InChI=1S/C26H46O3Si/c1-8-30(9-2,10-3)29-24-16-20(18(4)5)26(7)14-13-25(6)12-11-23(28)19(17-27)21(25)15-22(24)26/h15,18,20,23-24,27-28H,8-14,16-17H2,1-7H3/t20-,23+,24+,25+,26-/m1/s1. The van der Waals surface area contributed by atoms with Gasteiger partial charge in [-0.2, -0.15) is 0 Å². The van der Waals surface area contributed by atoms with Crippen LogP contribution in [0.3, 0.4) is 0 Å². The van der Waals surface area contributed by atoms with Crippen LogP contribution in [0.25, 0.3) is 0 Å². The lowest BCUT2D eigenvalue weighted by Gasteiger charge is -2.40. The summed E-state index contributed by atoms with van der Waals surface area (Å²) in [5.41, 5.74) is 3.74. The number of aliphatic hydroxyl groups is 2. The summed E-state index contributed by atoms with van der Waals surface area (Å²) in [5, 5.41) is 20.8. The lowest BCUT2D eigenvalue weighted by molar-refractivity contribution is 0.124. The molecule has 0 aromatic carbocycles. The molecular formula is C26H46O3Si. The van der Waals surface area contributed by atoms with Crippen LogP contribution in [0.2, 0.25) is 18.1 Å². The molecule has 0 aromatic heterocycles. The van der Waals surface area contributed by atoms with Crippen LogP contribution in [0.5, 0.6) is 0 Å². The first kappa shape index (κ1) is 24.2. The van der Waals surface area contributed by atoms with Crippen LogP contribution in [0.1, 0.15) is 80.6 Å². The largest absolute Gasteiger partial charge is 0.410 e. The number of aliphatic hydroxyl groups excluding tert-OH is 2. The third-order valence-electron chi connectivity index (χ3n) is 9.46. The quantitative estimate of drug-likeness (QED) is 0.467. The summed E-state index contributed by atoms with van der Waals surface area (Å²) >= 11 is 0. The molecule has 0 saturated heterocycles. The van der Waals surface area contributed by atoms with E-state index in [0.717, 1.165) is 31.3 Å². The molecule has 5 atom stereocenters. The lowest BCUT2D eigenvalue weighted by Crippen LogP contribution is -2.40. The predicted molar refractivity (Wildman–Crippen MR) is 128 cm³/mol. The van der Waals surface area contributed by atoms with Gasteiger partial charge in [0.2, 0.25) is 0 Å².